The number of carbonyl (C=O) groups is 1. The normalized spacial score (nSPS) is 18.9. The molecule has 2 rings (SSSR count). The first-order chi connectivity index (χ1) is 8.47. The zero-order chi connectivity index (χ0) is 13.3. The van der Waals surface area contributed by atoms with E-state index < -0.39 is 10.9 Å². The number of benzene rings is 1. The lowest BCUT2D eigenvalue weighted by Gasteiger charge is -2.18. The molecule has 1 aliphatic rings. The smallest absolute Gasteiger partial charge is 0.308 e. The van der Waals surface area contributed by atoms with Gasteiger partial charge in [0.05, 0.1) is 10.8 Å². The van der Waals surface area contributed by atoms with Crippen molar-refractivity contribution < 1.29 is 14.8 Å². The van der Waals surface area contributed by atoms with E-state index in [0.29, 0.717) is 19.5 Å². The van der Waals surface area contributed by atoms with E-state index in [1.807, 2.05) is 11.0 Å². The van der Waals surface area contributed by atoms with Gasteiger partial charge < -0.3 is 10.0 Å². The number of aryl methyl sites for hydroxylation is 1. The van der Waals surface area contributed by atoms with Crippen LogP contribution in [0.3, 0.4) is 0 Å². The van der Waals surface area contributed by atoms with Crippen molar-refractivity contribution in [2.45, 2.75) is 13.3 Å². The van der Waals surface area contributed by atoms with Gasteiger partial charge in [0, 0.05) is 30.9 Å². The Morgan fingerprint density at radius 2 is 2.22 bits per heavy atom. The number of aliphatic carboxylic acids is 1. The summed E-state index contributed by atoms with van der Waals surface area (Å²) in [6.07, 6.45) is 0.580. The number of hydrogen-bond acceptors (Lipinski definition) is 4. The van der Waals surface area contributed by atoms with Gasteiger partial charge in [-0.05, 0) is 25.0 Å². The molecule has 96 valence electrons. The Labute approximate surface area is 104 Å². The van der Waals surface area contributed by atoms with Gasteiger partial charge in [-0.1, -0.05) is 0 Å². The molecule has 6 nitrogen and oxygen atoms in total. The van der Waals surface area contributed by atoms with Crippen molar-refractivity contribution in [1.29, 1.82) is 0 Å². The van der Waals surface area contributed by atoms with Gasteiger partial charge in [0.1, 0.15) is 0 Å². The lowest BCUT2D eigenvalue weighted by Crippen LogP contribution is -2.22. The molecule has 0 spiro atoms. The molecule has 1 fully saturated rings. The first-order valence-electron chi connectivity index (χ1n) is 5.71. The Balaban J connectivity index is 2.24. The summed E-state index contributed by atoms with van der Waals surface area (Å²) in [5, 5.41) is 19.7. The summed E-state index contributed by atoms with van der Waals surface area (Å²) in [6, 6.07) is 4.85. The molecule has 0 aliphatic carbocycles. The fourth-order valence-corrected chi connectivity index (χ4v) is 2.23. The number of hydrogen-bond donors (Lipinski definition) is 1. The maximum absolute atomic E-state index is 10.9. The summed E-state index contributed by atoms with van der Waals surface area (Å²) >= 11 is 0. The van der Waals surface area contributed by atoms with E-state index in [1.54, 1.807) is 6.92 Å². The van der Waals surface area contributed by atoms with Crippen LogP contribution in [0.1, 0.15) is 12.0 Å². The first-order valence-corrected chi connectivity index (χ1v) is 5.71. The molecule has 6 heteroatoms. The third kappa shape index (κ3) is 2.42. The largest absolute Gasteiger partial charge is 0.481 e. The van der Waals surface area contributed by atoms with Gasteiger partial charge in [-0.15, -0.1) is 0 Å². The number of anilines is 1. The number of carboxylic acids is 1. The highest BCUT2D eigenvalue weighted by atomic mass is 16.6. The average Bonchev–Trinajstić information content (AvgIpc) is 2.77. The van der Waals surface area contributed by atoms with Crippen molar-refractivity contribution >= 4 is 17.3 Å². The summed E-state index contributed by atoms with van der Waals surface area (Å²) in [5.41, 5.74) is 1.58. The van der Waals surface area contributed by atoms with Crippen molar-refractivity contribution in [1.82, 2.24) is 0 Å². The second kappa shape index (κ2) is 4.64. The Kier molecular flexibility index (Phi) is 3.18. The summed E-state index contributed by atoms with van der Waals surface area (Å²) < 4.78 is 0. The molecule has 0 radical (unpaired) electrons. The zero-order valence-corrected chi connectivity index (χ0v) is 10.00. The fraction of sp³-hybridized carbons (Fsp3) is 0.417. The number of carboxylic acid groups (broad SMARTS) is 1. The van der Waals surface area contributed by atoms with Crippen LogP contribution in [0.15, 0.2) is 18.2 Å². The molecule has 1 heterocycles. The van der Waals surface area contributed by atoms with E-state index in [1.165, 1.54) is 12.1 Å². The molecule has 0 bridgehead atoms. The maximum atomic E-state index is 10.9. The topological polar surface area (TPSA) is 83.7 Å². The minimum absolute atomic E-state index is 0.0452. The highest BCUT2D eigenvalue weighted by molar-refractivity contribution is 5.72. The average molecular weight is 250 g/mol. The van der Waals surface area contributed by atoms with Gasteiger partial charge in [-0.25, -0.2) is 0 Å². The highest BCUT2D eigenvalue weighted by Gasteiger charge is 2.28. The van der Waals surface area contributed by atoms with Crippen molar-refractivity contribution in [3.8, 4) is 0 Å². The molecular formula is C12H14N2O4. The van der Waals surface area contributed by atoms with E-state index in [4.69, 9.17) is 5.11 Å². The van der Waals surface area contributed by atoms with Crippen LogP contribution < -0.4 is 4.90 Å². The van der Waals surface area contributed by atoms with Crippen LogP contribution in [-0.2, 0) is 4.79 Å². The molecule has 0 aromatic heterocycles. The number of nitrogens with zero attached hydrogens (tertiary/aromatic N) is 2. The van der Waals surface area contributed by atoms with Gasteiger partial charge in [0.2, 0.25) is 0 Å². The third-order valence-electron chi connectivity index (χ3n) is 3.16. The van der Waals surface area contributed by atoms with Crippen molar-refractivity contribution in [3.63, 3.8) is 0 Å². The highest BCUT2D eigenvalue weighted by Crippen LogP contribution is 2.28. The predicted molar refractivity (Wildman–Crippen MR) is 65.8 cm³/mol. The summed E-state index contributed by atoms with van der Waals surface area (Å²) in [4.78, 5) is 23.1. The van der Waals surface area contributed by atoms with Gasteiger partial charge in [-0.3, -0.25) is 14.9 Å². The van der Waals surface area contributed by atoms with Crippen LogP contribution in [0.4, 0.5) is 11.4 Å². The summed E-state index contributed by atoms with van der Waals surface area (Å²) in [7, 11) is 0. The van der Waals surface area contributed by atoms with Crippen LogP contribution in [0, 0.1) is 23.0 Å². The molecule has 1 aromatic carbocycles. The van der Waals surface area contributed by atoms with Crippen LogP contribution in [0.2, 0.25) is 0 Å². The molecule has 0 amide bonds. The Bertz CT molecular complexity index is 501. The van der Waals surface area contributed by atoms with Crippen LogP contribution in [0.25, 0.3) is 0 Å². The molecule has 18 heavy (non-hydrogen) atoms. The van der Waals surface area contributed by atoms with E-state index in [-0.39, 0.29) is 11.6 Å². The van der Waals surface area contributed by atoms with Crippen LogP contribution in [-0.4, -0.2) is 29.1 Å². The molecule has 1 N–H and O–H groups in total. The summed E-state index contributed by atoms with van der Waals surface area (Å²) in [5.74, 6) is -1.19. The van der Waals surface area contributed by atoms with Crippen LogP contribution >= 0.6 is 0 Å². The molecule has 0 saturated carbocycles. The minimum atomic E-state index is -0.806. The third-order valence-corrected chi connectivity index (χ3v) is 3.16. The Hall–Kier alpha value is -2.11. The Morgan fingerprint density at radius 3 is 2.78 bits per heavy atom. The lowest BCUT2D eigenvalue weighted by atomic mass is 10.1. The van der Waals surface area contributed by atoms with Gasteiger partial charge >= 0.3 is 5.97 Å². The zero-order valence-electron chi connectivity index (χ0n) is 10.00. The molecule has 1 saturated heterocycles. The SMILES string of the molecule is Cc1cc(N2CCC(C(=O)O)C2)cc([N+](=O)[O-])c1. The number of nitro groups is 1. The molecule has 1 unspecified atom stereocenters. The molecular weight excluding hydrogens is 236 g/mol. The van der Waals surface area contributed by atoms with E-state index in [9.17, 15) is 14.9 Å². The van der Waals surface area contributed by atoms with E-state index in [2.05, 4.69) is 0 Å². The Morgan fingerprint density at radius 1 is 1.50 bits per heavy atom. The standard InChI is InChI=1S/C12H14N2O4/c1-8-4-10(6-11(5-8)14(17)18)13-3-2-9(7-13)12(15)16/h4-6,9H,2-3,7H2,1H3,(H,15,16). The first kappa shape index (κ1) is 12.3. The second-order valence-corrected chi connectivity index (χ2v) is 4.55. The number of non-ortho nitro benzene ring substituents is 1. The van der Waals surface area contributed by atoms with Crippen molar-refractivity contribution in [2.75, 3.05) is 18.0 Å². The van der Waals surface area contributed by atoms with Crippen molar-refractivity contribution in [2.24, 2.45) is 5.92 Å². The molecule has 1 aliphatic heterocycles. The quantitative estimate of drug-likeness (QED) is 0.653. The number of rotatable bonds is 3. The molecule has 1 aromatic rings. The second-order valence-electron chi connectivity index (χ2n) is 4.55. The summed E-state index contributed by atoms with van der Waals surface area (Å²) in [6.45, 7) is 2.83. The van der Waals surface area contributed by atoms with Crippen LogP contribution in [0.5, 0.6) is 0 Å². The maximum Gasteiger partial charge on any atom is 0.308 e. The minimum Gasteiger partial charge on any atom is -0.481 e. The van der Waals surface area contributed by atoms with Crippen molar-refractivity contribution in [3.05, 3.63) is 33.9 Å². The number of nitro benzene ring substituents is 1. The van der Waals surface area contributed by atoms with E-state index in [0.717, 1.165) is 11.3 Å². The fourth-order valence-electron chi connectivity index (χ4n) is 2.23. The lowest BCUT2D eigenvalue weighted by molar-refractivity contribution is -0.384. The van der Waals surface area contributed by atoms with Gasteiger partial charge in [0.15, 0.2) is 0 Å². The molecule has 1 atom stereocenters. The van der Waals surface area contributed by atoms with Gasteiger partial charge in [0.25, 0.3) is 5.69 Å². The monoisotopic (exact) mass is 250 g/mol. The van der Waals surface area contributed by atoms with Gasteiger partial charge in [-0.2, -0.15) is 0 Å². The van der Waals surface area contributed by atoms with E-state index >= 15 is 0 Å². The predicted octanol–water partition coefficient (Wildman–Crippen LogP) is 1.81.